The quantitative estimate of drug-likeness (QED) is 0.113. The summed E-state index contributed by atoms with van der Waals surface area (Å²) in [6.07, 6.45) is 7.79. The summed E-state index contributed by atoms with van der Waals surface area (Å²) in [4.78, 5) is 21.7. The number of fused-ring (bicyclic) bond motifs is 12. The fourth-order valence-corrected chi connectivity index (χ4v) is 14.9. The molecule has 11 nitrogen and oxygen atoms in total. The van der Waals surface area contributed by atoms with Gasteiger partial charge in [-0.15, -0.1) is 0 Å². The minimum Gasteiger partial charge on any atom is -0.344 e. The maximum Gasteiger partial charge on any atom is 0.416 e. The van der Waals surface area contributed by atoms with Gasteiger partial charge in [0.25, 0.3) is 0 Å². The lowest BCUT2D eigenvalue weighted by Gasteiger charge is -2.24. The summed E-state index contributed by atoms with van der Waals surface area (Å²) >= 11 is 0. The lowest BCUT2D eigenvalue weighted by atomic mass is 10.0. The number of hydrogen-bond acceptors (Lipinski definition) is 7. The largest absolute Gasteiger partial charge is 0.416 e. The van der Waals surface area contributed by atoms with Gasteiger partial charge in [0, 0.05) is 214 Å². The fourth-order valence-electron chi connectivity index (χ4n) is 14.9. The van der Waals surface area contributed by atoms with Crippen LogP contribution in [0.4, 0.5) is 35.1 Å². The van der Waals surface area contributed by atoms with E-state index >= 15 is 0 Å². The number of benzene rings is 5. The number of rotatable bonds is 12. The van der Waals surface area contributed by atoms with Gasteiger partial charge in [-0.1, -0.05) is 48.5 Å². The van der Waals surface area contributed by atoms with Crippen molar-refractivity contribution < 1.29 is 35.1 Å². The summed E-state index contributed by atoms with van der Waals surface area (Å²) in [5, 5.41) is 3.60. The molecule has 11 heterocycles. The van der Waals surface area contributed by atoms with E-state index in [1.54, 1.807) is 48.8 Å². The van der Waals surface area contributed by atoms with E-state index in [4.69, 9.17) is 0 Å². The van der Waals surface area contributed by atoms with Gasteiger partial charge in [-0.2, -0.15) is 26.3 Å². The van der Waals surface area contributed by atoms with Gasteiger partial charge in [-0.25, -0.2) is 8.78 Å². The predicted octanol–water partition coefficient (Wildman–Crippen LogP) is 16.0. The van der Waals surface area contributed by atoms with Crippen LogP contribution < -0.4 is 0 Å². The topological polar surface area (TPSA) is 71.3 Å². The highest BCUT2D eigenvalue weighted by atomic mass is 19.4. The molecule has 0 radical (unpaired) electrons. The summed E-state index contributed by atoms with van der Waals surface area (Å²) in [5.74, 6) is -0.312. The number of alkyl halides is 6. The van der Waals surface area contributed by atoms with Crippen LogP contribution in [-0.4, -0.2) is 107 Å². The first-order valence-electron chi connectivity index (χ1n) is 33.8. The van der Waals surface area contributed by atoms with Crippen molar-refractivity contribution >= 4 is 43.6 Å². The molecule has 12 aromatic rings. The van der Waals surface area contributed by atoms with Crippen LogP contribution in [0.2, 0.25) is 0 Å². The molecule has 0 spiro atoms. The lowest BCUT2D eigenvalue weighted by molar-refractivity contribution is -0.138. The SMILES string of the molecule is CN1CCc2c(c3cc(C(F)(F)F)ccc3n2CCc2ccccc2)C1.CN1CCc2c(c3cc(C(F)(F)F)ccc3n2CCc2cccnc2)C1.CN1CCc2c(c3cc(F)ccc3n2CCc2ccccn2)C1.CN1CCc2c(c3cc(F)ccc3n2CCc2cccnc2)C1. The Morgan fingerprint density at radius 3 is 1.06 bits per heavy atom. The van der Waals surface area contributed by atoms with Crippen LogP contribution in [0.15, 0.2) is 177 Å². The van der Waals surface area contributed by atoms with Crippen LogP contribution in [0.25, 0.3) is 43.6 Å². The molecule has 4 aliphatic heterocycles. The maximum atomic E-state index is 13.7. The molecule has 0 aliphatic carbocycles. The van der Waals surface area contributed by atoms with E-state index in [1.807, 2.05) is 93.3 Å². The van der Waals surface area contributed by atoms with Crippen LogP contribution in [0.3, 0.4) is 0 Å². The molecule has 0 amide bonds. The first kappa shape index (κ1) is 67.6. The highest BCUT2D eigenvalue weighted by molar-refractivity contribution is 5.89. The third kappa shape index (κ3) is 15.0. The highest BCUT2D eigenvalue weighted by Crippen LogP contribution is 2.40. The zero-order valence-corrected chi connectivity index (χ0v) is 55.8. The number of pyridine rings is 3. The van der Waals surface area contributed by atoms with Crippen molar-refractivity contribution in [3.05, 3.63) is 267 Å². The van der Waals surface area contributed by atoms with E-state index in [9.17, 15) is 35.1 Å². The fraction of sp³-hybridized carbons (Fsp3) is 0.329. The number of nitrogens with zero attached hydrogens (tertiary/aromatic N) is 11. The average Bonchev–Trinajstić information content (AvgIpc) is 1.63. The smallest absolute Gasteiger partial charge is 0.344 e. The minimum atomic E-state index is -4.32. The van der Waals surface area contributed by atoms with E-state index < -0.39 is 23.5 Å². The molecule has 0 saturated carbocycles. The summed E-state index contributed by atoms with van der Waals surface area (Å²) in [5.41, 5.74) is 17.4. The Morgan fingerprint density at radius 1 is 0.357 bits per heavy atom. The van der Waals surface area contributed by atoms with Gasteiger partial charge in [0.1, 0.15) is 11.6 Å². The van der Waals surface area contributed by atoms with Crippen molar-refractivity contribution in [3.8, 4) is 0 Å². The van der Waals surface area contributed by atoms with Crippen molar-refractivity contribution in [1.29, 1.82) is 0 Å². The molecule has 19 heteroatoms. The second-order valence-electron chi connectivity index (χ2n) is 26.6. The third-order valence-corrected chi connectivity index (χ3v) is 19.8. The molecule has 508 valence electrons. The Labute approximate surface area is 566 Å². The Kier molecular flexibility index (Phi) is 20.1. The summed E-state index contributed by atoms with van der Waals surface area (Å²) < 4.78 is 116. The van der Waals surface area contributed by atoms with E-state index in [2.05, 4.69) is 91.2 Å². The number of likely N-dealkylation sites (N-methyl/N-ethyl adjacent to an activating group) is 4. The van der Waals surface area contributed by atoms with Gasteiger partial charge in [-0.05, 0) is 183 Å². The van der Waals surface area contributed by atoms with Crippen LogP contribution >= 0.6 is 0 Å². The minimum absolute atomic E-state index is 0.155. The molecule has 4 aliphatic rings. The van der Waals surface area contributed by atoms with Crippen LogP contribution in [-0.2, 0) is 116 Å². The summed E-state index contributed by atoms with van der Waals surface area (Å²) in [6, 6.07) is 42.9. The average molecular weight is 1340 g/mol. The summed E-state index contributed by atoms with van der Waals surface area (Å²) in [6.45, 7) is 10.5. The van der Waals surface area contributed by atoms with E-state index in [0.29, 0.717) is 13.1 Å². The van der Waals surface area contributed by atoms with Crippen molar-refractivity contribution in [3.63, 3.8) is 0 Å². The first-order valence-corrected chi connectivity index (χ1v) is 33.8. The standard InChI is InChI=1S/C21H21F3N2.C20H20F3N3.2C19H20FN3/c1-25-11-10-20-18(14-25)17-13-16(21(22,23)24)7-8-19(17)26(20)12-9-15-5-3-2-4-6-15;1-25-9-7-19-17(13-25)16-11-15(20(21,22)23)4-5-18(16)26(19)10-6-14-3-2-8-24-12-14;1-22-9-7-19-17(13-22)16-11-15(20)4-5-18(16)23(19)10-6-14-3-2-8-21-12-14;1-22-10-8-19-17(13-22)16-12-14(20)5-6-18(16)23(19)11-7-15-4-2-3-9-21-15/h2-8,13H,9-12,14H2,1H3;2-5,8,11-12H,6-7,9-10,13H2,1H3;2-5,8,11-12H,6-7,9-10,13H2,1H3;2-6,9,12H,7-8,10-11,13H2,1H3. The lowest BCUT2D eigenvalue weighted by Crippen LogP contribution is -2.27. The molecule has 0 saturated heterocycles. The number of hydrogen-bond donors (Lipinski definition) is 0. The van der Waals surface area contributed by atoms with Crippen LogP contribution in [0, 0.1) is 11.6 Å². The Bertz CT molecular complexity index is 4430. The zero-order chi connectivity index (χ0) is 68.2. The summed E-state index contributed by atoms with van der Waals surface area (Å²) in [7, 11) is 8.28. The first-order chi connectivity index (χ1) is 47.3. The maximum absolute atomic E-state index is 13.7. The monoisotopic (exact) mass is 1340 g/mol. The van der Waals surface area contributed by atoms with Gasteiger partial charge in [-0.3, -0.25) is 15.0 Å². The number of aromatic nitrogens is 7. The van der Waals surface area contributed by atoms with Crippen LogP contribution in [0.1, 0.15) is 78.5 Å². The number of aryl methyl sites for hydroxylation is 8. The molecular formula is C79H81F8N11. The Hall–Kier alpha value is -9.01. The van der Waals surface area contributed by atoms with Crippen molar-refractivity contribution in [2.75, 3.05) is 54.4 Å². The molecular weight excluding hydrogens is 1250 g/mol. The molecule has 16 rings (SSSR count). The Morgan fingerprint density at radius 2 is 0.704 bits per heavy atom. The molecule has 5 aromatic carbocycles. The van der Waals surface area contributed by atoms with E-state index in [1.165, 1.54) is 69.3 Å². The zero-order valence-electron chi connectivity index (χ0n) is 55.8. The molecule has 98 heavy (non-hydrogen) atoms. The molecule has 0 N–H and O–H groups in total. The van der Waals surface area contributed by atoms with Gasteiger partial charge in [0.05, 0.1) is 11.1 Å². The second kappa shape index (κ2) is 29.2. The number of halogens is 8. The van der Waals surface area contributed by atoms with Gasteiger partial charge in [0.2, 0.25) is 0 Å². The molecule has 0 fully saturated rings. The third-order valence-electron chi connectivity index (χ3n) is 19.8. The molecule has 0 atom stereocenters. The van der Waals surface area contributed by atoms with E-state index in [0.717, 1.165) is 183 Å². The van der Waals surface area contributed by atoms with E-state index in [-0.39, 0.29) is 11.6 Å². The second-order valence-corrected chi connectivity index (χ2v) is 26.6. The highest BCUT2D eigenvalue weighted by Gasteiger charge is 2.34. The van der Waals surface area contributed by atoms with Crippen LogP contribution in [0.5, 0.6) is 0 Å². The van der Waals surface area contributed by atoms with Gasteiger partial charge in [0.15, 0.2) is 0 Å². The molecule has 0 unspecified atom stereocenters. The predicted molar refractivity (Wildman–Crippen MR) is 372 cm³/mol. The molecule has 0 bridgehead atoms. The van der Waals surface area contributed by atoms with Gasteiger partial charge < -0.3 is 37.9 Å². The van der Waals surface area contributed by atoms with Crippen molar-refractivity contribution in [2.24, 2.45) is 0 Å². The van der Waals surface area contributed by atoms with Crippen molar-refractivity contribution in [1.82, 2.24) is 52.8 Å². The molecule has 7 aromatic heterocycles. The normalized spacial score (nSPS) is 15.2. The Balaban J connectivity index is 0.000000118. The van der Waals surface area contributed by atoms with Crippen molar-refractivity contribution in [2.45, 2.75) is 116 Å². The van der Waals surface area contributed by atoms with Gasteiger partial charge >= 0.3 is 12.4 Å².